The standard InChI is InChI=1S/C16H28N2O6/c1-16(2,3)7-5-10(19)11(20)12(21)13(24-4)15(23)18-9-6-8-17-14(9)22/h5,7,9-13,19-21H,6,8H2,1-4H3,(H,17,22)(H,18,23)/b7-5+/t9?,10-,11+,12-,13?/m1/s1. The highest BCUT2D eigenvalue weighted by Crippen LogP contribution is 2.17. The number of rotatable bonds is 7. The molecule has 0 aliphatic carbocycles. The van der Waals surface area contributed by atoms with Crippen molar-refractivity contribution in [3.8, 4) is 0 Å². The number of ether oxygens (including phenoxy) is 1. The van der Waals surface area contributed by atoms with Crippen molar-refractivity contribution in [3.05, 3.63) is 12.2 Å². The van der Waals surface area contributed by atoms with Crippen LogP contribution in [0.1, 0.15) is 27.2 Å². The minimum absolute atomic E-state index is 0.209. The predicted molar refractivity (Wildman–Crippen MR) is 87.0 cm³/mol. The van der Waals surface area contributed by atoms with Gasteiger partial charge in [0.2, 0.25) is 5.91 Å². The number of allylic oxidation sites excluding steroid dienone is 1. The predicted octanol–water partition coefficient (Wildman–Crippen LogP) is -1.31. The van der Waals surface area contributed by atoms with Crippen LogP contribution in [0.5, 0.6) is 0 Å². The third-order valence-corrected chi connectivity index (χ3v) is 3.68. The van der Waals surface area contributed by atoms with Gasteiger partial charge in [-0.1, -0.05) is 32.9 Å². The highest BCUT2D eigenvalue weighted by molar-refractivity contribution is 5.90. The van der Waals surface area contributed by atoms with Crippen molar-refractivity contribution >= 4 is 11.8 Å². The van der Waals surface area contributed by atoms with E-state index in [-0.39, 0.29) is 11.3 Å². The van der Waals surface area contributed by atoms with Gasteiger partial charge in [0, 0.05) is 13.7 Å². The highest BCUT2D eigenvalue weighted by atomic mass is 16.5. The average Bonchev–Trinajstić information content (AvgIpc) is 2.89. The van der Waals surface area contributed by atoms with Crippen molar-refractivity contribution < 1.29 is 29.6 Å². The minimum atomic E-state index is -1.65. The molecule has 1 heterocycles. The number of carbonyl (C=O) groups excluding carboxylic acids is 2. The zero-order chi connectivity index (χ0) is 18.5. The summed E-state index contributed by atoms with van der Waals surface area (Å²) in [5, 5.41) is 35.2. The fraction of sp³-hybridized carbons (Fsp3) is 0.750. The molecule has 1 aliphatic heterocycles. The van der Waals surface area contributed by atoms with Gasteiger partial charge >= 0.3 is 0 Å². The topological polar surface area (TPSA) is 128 Å². The smallest absolute Gasteiger partial charge is 0.252 e. The van der Waals surface area contributed by atoms with Crippen molar-refractivity contribution in [2.45, 2.75) is 57.6 Å². The Morgan fingerprint density at radius 2 is 1.96 bits per heavy atom. The number of hydrogen-bond acceptors (Lipinski definition) is 6. The van der Waals surface area contributed by atoms with E-state index in [1.165, 1.54) is 13.2 Å². The summed E-state index contributed by atoms with van der Waals surface area (Å²) in [5.41, 5.74) is -0.209. The molecule has 1 aliphatic rings. The van der Waals surface area contributed by atoms with Crippen LogP contribution in [0, 0.1) is 5.41 Å². The first kappa shape index (κ1) is 20.6. The van der Waals surface area contributed by atoms with Crippen molar-refractivity contribution in [2.75, 3.05) is 13.7 Å². The van der Waals surface area contributed by atoms with Crippen LogP contribution in [0.2, 0.25) is 0 Å². The lowest BCUT2D eigenvalue weighted by Gasteiger charge is -2.27. The lowest BCUT2D eigenvalue weighted by molar-refractivity contribution is -0.150. The molecule has 1 saturated heterocycles. The Morgan fingerprint density at radius 3 is 2.42 bits per heavy atom. The zero-order valence-corrected chi connectivity index (χ0v) is 14.5. The van der Waals surface area contributed by atoms with Gasteiger partial charge in [-0.25, -0.2) is 0 Å². The quantitative estimate of drug-likeness (QED) is 0.365. The van der Waals surface area contributed by atoms with Crippen molar-refractivity contribution in [1.82, 2.24) is 10.6 Å². The maximum Gasteiger partial charge on any atom is 0.252 e. The van der Waals surface area contributed by atoms with Crippen LogP contribution in [0.25, 0.3) is 0 Å². The van der Waals surface area contributed by atoms with E-state index in [1.807, 2.05) is 20.8 Å². The maximum absolute atomic E-state index is 12.2. The molecule has 1 fully saturated rings. The maximum atomic E-state index is 12.2. The molecule has 5 N–H and O–H groups in total. The first-order valence-electron chi connectivity index (χ1n) is 7.91. The van der Waals surface area contributed by atoms with E-state index in [0.717, 1.165) is 0 Å². The van der Waals surface area contributed by atoms with Gasteiger partial charge in [-0.15, -0.1) is 0 Å². The molecule has 1 rings (SSSR count). The van der Waals surface area contributed by atoms with Crippen LogP contribution in [0.4, 0.5) is 0 Å². The third-order valence-electron chi connectivity index (χ3n) is 3.68. The Bertz CT molecular complexity index is 474. The molecule has 8 heteroatoms. The fourth-order valence-electron chi connectivity index (χ4n) is 2.27. The summed E-state index contributed by atoms with van der Waals surface area (Å²) in [7, 11) is 1.20. The SMILES string of the molecule is COC(C(=O)NC1CCNC1=O)[C@H](O)[C@@H](O)[C@H](O)/C=C/C(C)(C)C. The van der Waals surface area contributed by atoms with Gasteiger partial charge in [0.1, 0.15) is 24.4 Å². The van der Waals surface area contributed by atoms with Crippen molar-refractivity contribution in [3.63, 3.8) is 0 Å². The largest absolute Gasteiger partial charge is 0.387 e. The number of amides is 2. The zero-order valence-electron chi connectivity index (χ0n) is 14.5. The molecule has 0 bridgehead atoms. The van der Waals surface area contributed by atoms with E-state index in [0.29, 0.717) is 13.0 Å². The monoisotopic (exact) mass is 344 g/mol. The summed E-state index contributed by atoms with van der Waals surface area (Å²) in [6.45, 7) is 6.20. The molecule has 0 spiro atoms. The van der Waals surface area contributed by atoms with Gasteiger partial charge in [0.25, 0.3) is 5.91 Å². The Labute approximate surface area is 141 Å². The van der Waals surface area contributed by atoms with E-state index in [1.54, 1.807) is 6.08 Å². The van der Waals surface area contributed by atoms with Crippen LogP contribution in [0.3, 0.4) is 0 Å². The minimum Gasteiger partial charge on any atom is -0.387 e. The van der Waals surface area contributed by atoms with E-state index >= 15 is 0 Å². The van der Waals surface area contributed by atoms with Crippen LogP contribution < -0.4 is 10.6 Å². The van der Waals surface area contributed by atoms with E-state index < -0.39 is 36.4 Å². The van der Waals surface area contributed by atoms with E-state index in [9.17, 15) is 24.9 Å². The van der Waals surface area contributed by atoms with Gasteiger partial charge in [-0.05, 0) is 11.8 Å². The number of nitrogens with one attached hydrogen (secondary N) is 2. The summed E-state index contributed by atoms with van der Waals surface area (Å²) >= 11 is 0. The number of carbonyl (C=O) groups is 2. The van der Waals surface area contributed by atoms with Crippen LogP contribution in [0.15, 0.2) is 12.2 Å². The van der Waals surface area contributed by atoms with Gasteiger partial charge in [-0.2, -0.15) is 0 Å². The summed E-state index contributed by atoms with van der Waals surface area (Å²) < 4.78 is 4.95. The average molecular weight is 344 g/mol. The molecule has 5 atom stereocenters. The molecular formula is C16H28N2O6. The van der Waals surface area contributed by atoms with Crippen molar-refractivity contribution in [1.29, 1.82) is 0 Å². The van der Waals surface area contributed by atoms with Crippen LogP contribution in [-0.2, 0) is 14.3 Å². The molecule has 0 aromatic carbocycles. The van der Waals surface area contributed by atoms with Crippen molar-refractivity contribution in [2.24, 2.45) is 5.41 Å². The summed E-state index contributed by atoms with van der Waals surface area (Å²) in [6, 6.07) is -0.690. The lowest BCUT2D eigenvalue weighted by atomic mass is 9.94. The molecule has 8 nitrogen and oxygen atoms in total. The Kier molecular flexibility index (Phi) is 7.34. The number of hydrogen-bond donors (Lipinski definition) is 5. The number of aliphatic hydroxyl groups excluding tert-OH is 3. The fourth-order valence-corrected chi connectivity index (χ4v) is 2.27. The molecule has 2 amide bonds. The number of methoxy groups -OCH3 is 1. The first-order chi connectivity index (χ1) is 11.1. The van der Waals surface area contributed by atoms with Crippen LogP contribution >= 0.6 is 0 Å². The Morgan fingerprint density at radius 1 is 1.33 bits per heavy atom. The van der Waals surface area contributed by atoms with Gasteiger partial charge in [-0.3, -0.25) is 9.59 Å². The van der Waals surface area contributed by atoms with Gasteiger partial charge in [0.05, 0.1) is 0 Å². The lowest BCUT2D eigenvalue weighted by Crippen LogP contribution is -2.54. The van der Waals surface area contributed by atoms with Gasteiger partial charge < -0.3 is 30.7 Å². The highest BCUT2D eigenvalue weighted by Gasteiger charge is 2.37. The second kappa shape index (κ2) is 8.57. The van der Waals surface area contributed by atoms with E-state index in [4.69, 9.17) is 4.74 Å². The normalized spacial score (nSPS) is 23.6. The van der Waals surface area contributed by atoms with Crippen LogP contribution in [-0.4, -0.2) is 71.2 Å². The Hall–Kier alpha value is -1.48. The molecule has 2 unspecified atom stereocenters. The summed E-state index contributed by atoms with van der Waals surface area (Å²) in [6.07, 6.45) is -2.54. The molecule has 24 heavy (non-hydrogen) atoms. The molecule has 0 radical (unpaired) electrons. The molecular weight excluding hydrogens is 316 g/mol. The summed E-state index contributed by atoms with van der Waals surface area (Å²) in [5.74, 6) is -1.03. The van der Waals surface area contributed by atoms with Gasteiger partial charge in [0.15, 0.2) is 6.10 Å². The molecule has 0 saturated carbocycles. The Balaban J connectivity index is 2.69. The second-order valence-corrected chi connectivity index (χ2v) is 6.99. The molecule has 138 valence electrons. The second-order valence-electron chi connectivity index (χ2n) is 6.99. The third kappa shape index (κ3) is 5.86. The summed E-state index contributed by atoms with van der Waals surface area (Å²) in [4.78, 5) is 23.7. The number of aliphatic hydroxyl groups is 3. The first-order valence-corrected chi connectivity index (χ1v) is 7.91. The molecule has 0 aromatic rings. The molecule has 0 aromatic heterocycles. The van der Waals surface area contributed by atoms with E-state index in [2.05, 4.69) is 10.6 Å².